The number of aryl methyl sites for hydroxylation is 3. The molecule has 0 radical (unpaired) electrons. The molecule has 0 spiro atoms. The molecule has 0 aliphatic rings. The van der Waals surface area contributed by atoms with E-state index in [9.17, 15) is 0 Å². The molecule has 0 aliphatic carbocycles. The van der Waals surface area contributed by atoms with Crippen LogP contribution in [-0.2, 0) is 13.6 Å². The fourth-order valence-electron chi connectivity index (χ4n) is 2.43. The summed E-state index contributed by atoms with van der Waals surface area (Å²) in [7, 11) is 3.76. The van der Waals surface area contributed by atoms with Gasteiger partial charge in [-0.15, -0.1) is 0 Å². The van der Waals surface area contributed by atoms with Crippen molar-refractivity contribution in [2.75, 3.05) is 7.11 Å². The fourth-order valence-corrected chi connectivity index (χ4v) is 2.43. The van der Waals surface area contributed by atoms with Crippen LogP contribution in [0.4, 0.5) is 0 Å². The highest BCUT2D eigenvalue weighted by molar-refractivity contribution is 5.89. The van der Waals surface area contributed by atoms with Crippen LogP contribution in [-0.4, -0.2) is 11.7 Å². The quantitative estimate of drug-likeness (QED) is 0.840. The molecule has 0 amide bonds. The number of hydrogen-bond donors (Lipinski definition) is 1. The monoisotopic (exact) mass is 218 g/mol. The van der Waals surface area contributed by atoms with E-state index in [1.807, 2.05) is 0 Å². The lowest BCUT2D eigenvalue weighted by Crippen LogP contribution is -2.04. The maximum absolute atomic E-state index is 5.78. The largest absolute Gasteiger partial charge is 0.497 e. The zero-order valence-electron chi connectivity index (χ0n) is 10.3. The zero-order chi connectivity index (χ0) is 11.9. The summed E-state index contributed by atoms with van der Waals surface area (Å²) in [6.07, 6.45) is 0. The second-order valence-corrected chi connectivity index (χ2v) is 4.18. The number of ether oxygens (including phenoxy) is 1. The van der Waals surface area contributed by atoms with E-state index in [1.54, 1.807) is 7.11 Å². The summed E-state index contributed by atoms with van der Waals surface area (Å²) in [5.41, 5.74) is 10.7. The van der Waals surface area contributed by atoms with Crippen LogP contribution in [0.25, 0.3) is 10.9 Å². The minimum atomic E-state index is 0.568. The minimum absolute atomic E-state index is 0.568. The predicted octanol–water partition coefficient (Wildman–Crippen LogP) is 2.26. The van der Waals surface area contributed by atoms with E-state index in [1.165, 1.54) is 27.7 Å². The summed E-state index contributed by atoms with van der Waals surface area (Å²) >= 11 is 0. The van der Waals surface area contributed by atoms with Gasteiger partial charge in [-0.3, -0.25) is 0 Å². The molecule has 1 aromatic heterocycles. The van der Waals surface area contributed by atoms with Gasteiger partial charge in [0.05, 0.1) is 12.6 Å². The van der Waals surface area contributed by atoms with Gasteiger partial charge in [0.2, 0.25) is 0 Å². The molecule has 16 heavy (non-hydrogen) atoms. The van der Waals surface area contributed by atoms with Crippen LogP contribution < -0.4 is 10.5 Å². The Hall–Kier alpha value is -1.48. The number of rotatable bonds is 2. The number of fused-ring (bicyclic) bond motifs is 1. The fraction of sp³-hybridized carbons (Fsp3) is 0.385. The van der Waals surface area contributed by atoms with E-state index in [0.717, 1.165) is 5.75 Å². The molecular formula is C13H18N2O. The second kappa shape index (κ2) is 3.83. The molecule has 3 heteroatoms. The lowest BCUT2D eigenvalue weighted by molar-refractivity contribution is 0.415. The topological polar surface area (TPSA) is 40.2 Å². The van der Waals surface area contributed by atoms with Gasteiger partial charge in [0.15, 0.2) is 0 Å². The summed E-state index contributed by atoms with van der Waals surface area (Å²) < 4.78 is 7.48. The Morgan fingerprint density at radius 1 is 1.31 bits per heavy atom. The average molecular weight is 218 g/mol. The number of aromatic nitrogens is 1. The van der Waals surface area contributed by atoms with E-state index in [2.05, 4.69) is 37.6 Å². The third-order valence-electron chi connectivity index (χ3n) is 3.28. The van der Waals surface area contributed by atoms with Crippen LogP contribution in [0.15, 0.2) is 12.1 Å². The molecule has 0 saturated carbocycles. The zero-order valence-corrected chi connectivity index (χ0v) is 10.3. The first-order chi connectivity index (χ1) is 7.60. The molecule has 2 rings (SSSR count). The van der Waals surface area contributed by atoms with E-state index in [-0.39, 0.29) is 0 Å². The van der Waals surface area contributed by atoms with Crippen LogP contribution in [0.3, 0.4) is 0 Å². The van der Waals surface area contributed by atoms with Crippen molar-refractivity contribution in [3.8, 4) is 5.75 Å². The van der Waals surface area contributed by atoms with Crippen molar-refractivity contribution in [1.82, 2.24) is 4.57 Å². The highest BCUT2D eigenvalue weighted by Crippen LogP contribution is 2.30. The lowest BCUT2D eigenvalue weighted by atomic mass is 10.1. The van der Waals surface area contributed by atoms with E-state index in [4.69, 9.17) is 10.5 Å². The van der Waals surface area contributed by atoms with Gasteiger partial charge in [0, 0.05) is 24.7 Å². The standard InChI is InChI=1S/C13H18N2O/c1-8-5-10(16-4)6-11-9(2)12(7-14)15(3)13(8)11/h5-6H,7,14H2,1-4H3. The van der Waals surface area contributed by atoms with Gasteiger partial charge in [-0.05, 0) is 37.1 Å². The van der Waals surface area contributed by atoms with Gasteiger partial charge in [-0.25, -0.2) is 0 Å². The Morgan fingerprint density at radius 3 is 2.56 bits per heavy atom. The van der Waals surface area contributed by atoms with Crippen LogP contribution >= 0.6 is 0 Å². The third kappa shape index (κ3) is 1.39. The maximum Gasteiger partial charge on any atom is 0.119 e. The molecule has 0 unspecified atom stereocenters. The molecule has 0 bridgehead atoms. The van der Waals surface area contributed by atoms with Gasteiger partial charge >= 0.3 is 0 Å². The highest BCUT2D eigenvalue weighted by Gasteiger charge is 2.13. The Morgan fingerprint density at radius 2 is 2.00 bits per heavy atom. The van der Waals surface area contributed by atoms with E-state index in [0.29, 0.717) is 6.54 Å². The molecule has 0 fully saturated rings. The smallest absolute Gasteiger partial charge is 0.119 e. The van der Waals surface area contributed by atoms with Crippen LogP contribution in [0.2, 0.25) is 0 Å². The number of benzene rings is 1. The Kier molecular flexibility index (Phi) is 2.64. The van der Waals surface area contributed by atoms with Gasteiger partial charge in [0.1, 0.15) is 5.75 Å². The first-order valence-electron chi connectivity index (χ1n) is 5.42. The predicted molar refractivity (Wildman–Crippen MR) is 66.8 cm³/mol. The Labute approximate surface area is 95.8 Å². The van der Waals surface area contributed by atoms with Gasteiger partial charge < -0.3 is 15.0 Å². The number of nitrogens with zero attached hydrogens (tertiary/aromatic N) is 1. The van der Waals surface area contributed by atoms with Crippen LogP contribution in [0.1, 0.15) is 16.8 Å². The summed E-state index contributed by atoms with van der Waals surface area (Å²) in [4.78, 5) is 0. The highest BCUT2D eigenvalue weighted by atomic mass is 16.5. The number of hydrogen-bond acceptors (Lipinski definition) is 2. The summed E-state index contributed by atoms with van der Waals surface area (Å²) in [5, 5.41) is 1.24. The van der Waals surface area contributed by atoms with Crippen molar-refractivity contribution >= 4 is 10.9 Å². The molecule has 2 aromatic rings. The van der Waals surface area contributed by atoms with Crippen LogP contribution in [0.5, 0.6) is 5.75 Å². The summed E-state index contributed by atoms with van der Waals surface area (Å²) in [6.45, 7) is 4.78. The molecule has 1 aromatic carbocycles. The van der Waals surface area contributed by atoms with Crippen molar-refractivity contribution in [3.63, 3.8) is 0 Å². The van der Waals surface area contributed by atoms with E-state index >= 15 is 0 Å². The third-order valence-corrected chi connectivity index (χ3v) is 3.28. The Balaban J connectivity index is 2.87. The van der Waals surface area contributed by atoms with Crippen LogP contribution in [0, 0.1) is 13.8 Å². The summed E-state index contributed by atoms with van der Waals surface area (Å²) in [6, 6.07) is 4.14. The SMILES string of the molecule is COc1cc(C)c2c(c1)c(C)c(CN)n2C. The van der Waals surface area contributed by atoms with E-state index < -0.39 is 0 Å². The molecule has 1 heterocycles. The normalized spacial score (nSPS) is 11.1. The average Bonchev–Trinajstić information content (AvgIpc) is 2.51. The molecule has 3 nitrogen and oxygen atoms in total. The van der Waals surface area contributed by atoms with Gasteiger partial charge in [-0.2, -0.15) is 0 Å². The second-order valence-electron chi connectivity index (χ2n) is 4.18. The summed E-state index contributed by atoms with van der Waals surface area (Å²) in [5.74, 6) is 0.905. The van der Waals surface area contributed by atoms with Crippen molar-refractivity contribution < 1.29 is 4.74 Å². The van der Waals surface area contributed by atoms with Crippen molar-refractivity contribution in [2.24, 2.45) is 12.8 Å². The molecule has 86 valence electrons. The lowest BCUT2D eigenvalue weighted by Gasteiger charge is -2.06. The molecule has 0 atom stereocenters. The molecule has 2 N–H and O–H groups in total. The maximum atomic E-state index is 5.78. The number of nitrogens with two attached hydrogens (primary N) is 1. The van der Waals surface area contributed by atoms with Crippen molar-refractivity contribution in [1.29, 1.82) is 0 Å². The van der Waals surface area contributed by atoms with Crippen molar-refractivity contribution in [2.45, 2.75) is 20.4 Å². The first kappa shape index (κ1) is 11.0. The molecule has 0 aliphatic heterocycles. The van der Waals surface area contributed by atoms with Crippen molar-refractivity contribution in [3.05, 3.63) is 29.0 Å². The first-order valence-corrected chi connectivity index (χ1v) is 5.42. The van der Waals surface area contributed by atoms with Gasteiger partial charge in [0.25, 0.3) is 0 Å². The Bertz CT molecular complexity index is 541. The molecular weight excluding hydrogens is 200 g/mol. The van der Waals surface area contributed by atoms with Gasteiger partial charge in [-0.1, -0.05) is 0 Å². The minimum Gasteiger partial charge on any atom is -0.497 e. The number of methoxy groups -OCH3 is 1. The molecule has 0 saturated heterocycles.